The van der Waals surface area contributed by atoms with Crippen molar-refractivity contribution in [3.8, 4) is 0 Å². The molecular weight excluding hydrogens is 507 g/mol. The van der Waals surface area contributed by atoms with Crippen molar-refractivity contribution in [3.05, 3.63) is 54.1 Å². The van der Waals surface area contributed by atoms with Gasteiger partial charge in [-0.2, -0.15) is 17.5 Å². The van der Waals surface area contributed by atoms with Crippen LogP contribution in [-0.2, 0) is 31.0 Å². The second-order valence-corrected chi connectivity index (χ2v) is 12.1. The number of hydrogen-bond donors (Lipinski definition) is 1. The van der Waals surface area contributed by atoms with Crippen LogP contribution >= 0.6 is 0 Å². The minimum absolute atomic E-state index is 0.0686. The van der Waals surface area contributed by atoms with Crippen molar-refractivity contribution in [2.45, 2.75) is 36.8 Å². The summed E-state index contributed by atoms with van der Waals surface area (Å²) in [5, 5.41) is 2.45. The maximum atomic E-state index is 13.0. The van der Waals surface area contributed by atoms with Gasteiger partial charge in [0.05, 0.1) is 22.4 Å². The van der Waals surface area contributed by atoms with Crippen LogP contribution in [0.2, 0.25) is 0 Å². The van der Waals surface area contributed by atoms with Crippen molar-refractivity contribution in [2.75, 3.05) is 35.5 Å². The first-order chi connectivity index (χ1) is 16.3. The number of amides is 1. The van der Waals surface area contributed by atoms with Crippen LogP contribution in [0.5, 0.6) is 0 Å². The molecule has 8 nitrogen and oxygen atoms in total. The number of rotatable bonds is 7. The third kappa shape index (κ3) is 6.95. The van der Waals surface area contributed by atoms with Gasteiger partial charge in [-0.1, -0.05) is 18.9 Å². The normalized spacial score (nSPS) is 15.9. The zero-order chi connectivity index (χ0) is 25.9. The molecule has 2 aromatic carbocycles. The molecule has 0 bridgehead atoms. The number of nitrogens with zero attached hydrogens (tertiary/aromatic N) is 2. The highest BCUT2D eigenvalue weighted by Gasteiger charge is 2.32. The van der Waals surface area contributed by atoms with E-state index in [1.807, 2.05) is 0 Å². The van der Waals surface area contributed by atoms with Crippen molar-refractivity contribution in [1.82, 2.24) is 4.31 Å². The van der Waals surface area contributed by atoms with Gasteiger partial charge in [-0.3, -0.25) is 9.10 Å². The molecule has 1 heterocycles. The maximum absolute atomic E-state index is 13.0. The lowest BCUT2D eigenvalue weighted by atomic mass is 10.2. The number of nitrogens with one attached hydrogen (secondary N) is 1. The summed E-state index contributed by atoms with van der Waals surface area (Å²) in [6, 6.07) is 9.09. The third-order valence-corrected chi connectivity index (χ3v) is 8.54. The third-order valence-electron chi connectivity index (χ3n) is 5.49. The number of sulfonamides is 2. The van der Waals surface area contributed by atoms with Crippen LogP contribution in [0.15, 0.2) is 53.4 Å². The van der Waals surface area contributed by atoms with E-state index >= 15 is 0 Å². The van der Waals surface area contributed by atoms with Crippen LogP contribution in [-0.4, -0.2) is 52.9 Å². The standard InChI is InChI=1S/C22H26F3N3O5S2/c1-34(30,31)28(19-8-6-7-17(15-19)22(23,24)25)16-21(29)26-18-9-11-20(12-10-18)35(32,33)27-13-4-2-3-5-14-27/h6-12,15H,2-5,13-14,16H2,1H3,(H,26,29). The predicted molar refractivity (Wildman–Crippen MR) is 126 cm³/mol. The number of anilines is 2. The summed E-state index contributed by atoms with van der Waals surface area (Å²) in [4.78, 5) is 12.6. The molecule has 0 aromatic heterocycles. The monoisotopic (exact) mass is 533 g/mol. The molecule has 1 aliphatic heterocycles. The Morgan fingerprint density at radius 1 is 0.971 bits per heavy atom. The van der Waals surface area contributed by atoms with E-state index in [9.17, 15) is 34.8 Å². The van der Waals surface area contributed by atoms with Gasteiger partial charge in [0, 0.05) is 18.8 Å². The van der Waals surface area contributed by atoms with E-state index in [-0.39, 0.29) is 16.3 Å². The van der Waals surface area contributed by atoms with Crippen molar-refractivity contribution in [3.63, 3.8) is 0 Å². The van der Waals surface area contributed by atoms with Gasteiger partial charge in [0.15, 0.2) is 0 Å². The lowest BCUT2D eigenvalue weighted by Crippen LogP contribution is -2.37. The molecule has 0 atom stereocenters. The lowest BCUT2D eigenvalue weighted by molar-refractivity contribution is -0.137. The van der Waals surface area contributed by atoms with Gasteiger partial charge in [0.1, 0.15) is 6.54 Å². The van der Waals surface area contributed by atoms with E-state index in [0.717, 1.165) is 50.1 Å². The number of halogens is 3. The molecule has 3 rings (SSSR count). The van der Waals surface area contributed by atoms with E-state index in [2.05, 4.69) is 5.32 Å². The summed E-state index contributed by atoms with van der Waals surface area (Å²) in [6.07, 6.45) is -0.379. The average Bonchev–Trinajstić information content (AvgIpc) is 3.07. The SMILES string of the molecule is CS(=O)(=O)N(CC(=O)Nc1ccc(S(=O)(=O)N2CCCCCC2)cc1)c1cccc(C(F)(F)F)c1. The highest BCUT2D eigenvalue weighted by molar-refractivity contribution is 7.92. The number of alkyl halides is 3. The Balaban J connectivity index is 1.74. The fourth-order valence-electron chi connectivity index (χ4n) is 3.71. The smallest absolute Gasteiger partial charge is 0.325 e. The molecule has 192 valence electrons. The van der Waals surface area contributed by atoms with E-state index < -0.39 is 44.2 Å². The Morgan fingerprint density at radius 3 is 2.11 bits per heavy atom. The van der Waals surface area contributed by atoms with Gasteiger partial charge in [-0.25, -0.2) is 16.8 Å². The van der Waals surface area contributed by atoms with Crippen LogP contribution < -0.4 is 9.62 Å². The molecule has 1 aliphatic rings. The van der Waals surface area contributed by atoms with Crippen LogP contribution in [0.3, 0.4) is 0 Å². The summed E-state index contributed by atoms with van der Waals surface area (Å²) < 4.78 is 91.3. The molecule has 1 saturated heterocycles. The zero-order valence-electron chi connectivity index (χ0n) is 19.0. The number of benzene rings is 2. The van der Waals surface area contributed by atoms with Crippen LogP contribution in [0.4, 0.5) is 24.5 Å². The van der Waals surface area contributed by atoms with Crippen LogP contribution in [0.25, 0.3) is 0 Å². The Hall–Kier alpha value is -2.64. The largest absolute Gasteiger partial charge is 0.416 e. The lowest BCUT2D eigenvalue weighted by Gasteiger charge is -2.23. The minimum atomic E-state index is -4.68. The summed E-state index contributed by atoms with van der Waals surface area (Å²) >= 11 is 0. The Morgan fingerprint density at radius 2 is 1.57 bits per heavy atom. The molecule has 0 aliphatic carbocycles. The highest BCUT2D eigenvalue weighted by Crippen LogP contribution is 2.32. The first kappa shape index (κ1) is 27.0. The van der Waals surface area contributed by atoms with Gasteiger partial charge in [0.25, 0.3) is 0 Å². The first-order valence-electron chi connectivity index (χ1n) is 10.8. The van der Waals surface area contributed by atoms with Gasteiger partial charge in [-0.15, -0.1) is 0 Å². The summed E-state index contributed by atoms with van der Waals surface area (Å²) in [7, 11) is -7.77. The molecule has 0 unspecified atom stereocenters. The van der Waals surface area contributed by atoms with Gasteiger partial charge in [-0.05, 0) is 55.3 Å². The number of carbonyl (C=O) groups excluding carboxylic acids is 1. The van der Waals surface area contributed by atoms with Gasteiger partial charge < -0.3 is 5.32 Å². The fraction of sp³-hybridized carbons (Fsp3) is 0.409. The van der Waals surface area contributed by atoms with E-state index in [4.69, 9.17) is 0 Å². The molecule has 1 N–H and O–H groups in total. The van der Waals surface area contributed by atoms with E-state index in [1.54, 1.807) is 0 Å². The van der Waals surface area contributed by atoms with Gasteiger partial charge in [0.2, 0.25) is 26.0 Å². The maximum Gasteiger partial charge on any atom is 0.416 e. The number of hydrogen-bond acceptors (Lipinski definition) is 5. The summed E-state index contributed by atoms with van der Waals surface area (Å²) in [6.45, 7) is 0.114. The summed E-state index contributed by atoms with van der Waals surface area (Å²) in [5.41, 5.74) is -1.15. The fourth-order valence-corrected chi connectivity index (χ4v) is 6.08. The van der Waals surface area contributed by atoms with Crippen LogP contribution in [0.1, 0.15) is 31.2 Å². The molecular formula is C22H26F3N3O5S2. The van der Waals surface area contributed by atoms with Crippen LogP contribution in [0, 0.1) is 0 Å². The molecule has 2 aromatic rings. The number of carbonyl (C=O) groups is 1. The quantitative estimate of drug-likeness (QED) is 0.585. The van der Waals surface area contributed by atoms with E-state index in [0.29, 0.717) is 23.5 Å². The van der Waals surface area contributed by atoms with Crippen molar-refractivity contribution in [1.29, 1.82) is 0 Å². The van der Waals surface area contributed by atoms with Crippen molar-refractivity contribution < 1.29 is 34.8 Å². The Bertz CT molecular complexity index is 1260. The molecule has 1 fully saturated rings. The Labute approximate surface area is 202 Å². The average molecular weight is 534 g/mol. The topological polar surface area (TPSA) is 104 Å². The van der Waals surface area contributed by atoms with E-state index in [1.165, 1.54) is 28.6 Å². The second-order valence-electron chi connectivity index (χ2n) is 8.21. The second kappa shape index (κ2) is 10.5. The summed E-state index contributed by atoms with van der Waals surface area (Å²) in [5.74, 6) is -0.809. The molecule has 1 amide bonds. The minimum Gasteiger partial charge on any atom is -0.325 e. The van der Waals surface area contributed by atoms with Crippen molar-refractivity contribution in [2.24, 2.45) is 0 Å². The predicted octanol–water partition coefficient (Wildman–Crippen LogP) is 3.67. The molecule has 35 heavy (non-hydrogen) atoms. The molecule has 0 radical (unpaired) electrons. The van der Waals surface area contributed by atoms with Gasteiger partial charge >= 0.3 is 6.18 Å². The molecule has 0 spiro atoms. The Kier molecular flexibility index (Phi) is 8.12. The first-order valence-corrected chi connectivity index (χ1v) is 14.1. The molecule has 0 saturated carbocycles. The van der Waals surface area contributed by atoms with Crippen molar-refractivity contribution >= 4 is 37.3 Å². The molecule has 13 heteroatoms. The highest BCUT2D eigenvalue weighted by atomic mass is 32.2. The zero-order valence-corrected chi connectivity index (χ0v) is 20.6.